The minimum absolute atomic E-state index is 0.0417. The van der Waals surface area contributed by atoms with Crippen LogP contribution in [0.2, 0.25) is 0 Å². The van der Waals surface area contributed by atoms with Crippen LogP contribution < -0.4 is 5.56 Å². The maximum Gasteiger partial charge on any atom is 0.263 e. The van der Waals surface area contributed by atoms with Crippen LogP contribution in [0.3, 0.4) is 0 Å². The minimum Gasteiger partial charge on any atom is -0.281 e. The van der Waals surface area contributed by atoms with Gasteiger partial charge in [-0.25, -0.2) is 8.42 Å². The van der Waals surface area contributed by atoms with Crippen molar-refractivity contribution in [1.82, 2.24) is 4.57 Å². The summed E-state index contributed by atoms with van der Waals surface area (Å²) in [5.41, 5.74) is 3.49. The Labute approximate surface area is 170 Å². The van der Waals surface area contributed by atoms with Crippen molar-refractivity contribution in [1.29, 1.82) is 0 Å². The van der Waals surface area contributed by atoms with E-state index in [1.54, 1.807) is 24.3 Å². The minimum atomic E-state index is -3.26. The zero-order valence-electron chi connectivity index (χ0n) is 16.6. The van der Waals surface area contributed by atoms with Gasteiger partial charge in [0.25, 0.3) is 5.56 Å². The van der Waals surface area contributed by atoms with E-state index in [0.717, 1.165) is 47.2 Å². The number of sulfone groups is 1. The summed E-state index contributed by atoms with van der Waals surface area (Å²) in [6, 6.07) is 14.6. The Morgan fingerprint density at radius 1 is 1.03 bits per heavy atom. The third-order valence-electron chi connectivity index (χ3n) is 5.31. The monoisotopic (exact) mass is 405 g/mol. The molecule has 0 bridgehead atoms. The van der Waals surface area contributed by atoms with Crippen molar-refractivity contribution in [2.24, 2.45) is 0 Å². The molecule has 4 rings (SSSR count). The van der Waals surface area contributed by atoms with E-state index in [1.165, 1.54) is 6.26 Å². The van der Waals surface area contributed by atoms with Crippen LogP contribution in [0.4, 0.5) is 0 Å². The van der Waals surface area contributed by atoms with Crippen LogP contribution >= 0.6 is 0 Å². The molecule has 0 saturated heterocycles. The van der Waals surface area contributed by atoms with Gasteiger partial charge in [-0.05, 0) is 60.1 Å². The number of pyridine rings is 1. The zero-order chi connectivity index (χ0) is 20.6. The van der Waals surface area contributed by atoms with Gasteiger partial charge in [0.15, 0.2) is 9.84 Å². The van der Waals surface area contributed by atoms with Gasteiger partial charge < -0.3 is 0 Å². The molecule has 0 saturated carbocycles. The average Bonchev–Trinajstić information content (AvgIpc) is 2.73. The topological polar surface area (TPSA) is 56.1 Å². The first-order chi connectivity index (χ1) is 13.9. The lowest BCUT2D eigenvalue weighted by molar-refractivity contribution is 0.602. The molecule has 0 amide bonds. The van der Waals surface area contributed by atoms with E-state index in [2.05, 4.69) is 25.1 Å². The molecule has 0 unspecified atom stereocenters. The predicted molar refractivity (Wildman–Crippen MR) is 119 cm³/mol. The highest BCUT2D eigenvalue weighted by Crippen LogP contribution is 2.29. The fourth-order valence-corrected chi connectivity index (χ4v) is 4.48. The summed E-state index contributed by atoms with van der Waals surface area (Å²) in [7, 11) is -3.26. The summed E-state index contributed by atoms with van der Waals surface area (Å²) in [6.07, 6.45) is 10.1. The van der Waals surface area contributed by atoms with Gasteiger partial charge >= 0.3 is 0 Å². The van der Waals surface area contributed by atoms with E-state index in [-0.39, 0.29) is 10.5 Å². The van der Waals surface area contributed by atoms with Crippen LogP contribution in [0.5, 0.6) is 0 Å². The van der Waals surface area contributed by atoms with Gasteiger partial charge in [0, 0.05) is 17.6 Å². The summed E-state index contributed by atoms with van der Waals surface area (Å²) in [6.45, 7) is 2.05. The summed E-state index contributed by atoms with van der Waals surface area (Å²) >= 11 is 0. The van der Waals surface area contributed by atoms with E-state index >= 15 is 0 Å². The molecule has 0 atom stereocenters. The predicted octanol–water partition coefficient (Wildman–Crippen LogP) is 4.83. The molecule has 1 heterocycles. The van der Waals surface area contributed by atoms with Gasteiger partial charge in [-0.1, -0.05) is 49.4 Å². The molecular weight excluding hydrogens is 382 g/mol. The number of hydrogen-bond acceptors (Lipinski definition) is 3. The molecule has 148 valence electrons. The van der Waals surface area contributed by atoms with Gasteiger partial charge in [-0.3, -0.25) is 9.36 Å². The second-order valence-corrected chi connectivity index (χ2v) is 9.32. The molecule has 4 nitrogen and oxygen atoms in total. The first-order valence-corrected chi connectivity index (χ1v) is 11.6. The summed E-state index contributed by atoms with van der Waals surface area (Å²) in [4.78, 5) is 13.9. The largest absolute Gasteiger partial charge is 0.281 e. The fourth-order valence-electron chi connectivity index (χ4n) is 3.85. The number of rotatable bonds is 4. The standard InChI is InChI=1S/C24H23NO3S/c1-3-19-16-18-8-7-11-22(17-12-14-21(15-13-17)29(2,27)28)23(18)24(26)25(19)20-9-5-4-6-10-20/h5,7-16H,3-4,6H2,1-2H3. The number of aromatic nitrogens is 1. The lowest BCUT2D eigenvalue weighted by Crippen LogP contribution is -2.23. The zero-order valence-corrected chi connectivity index (χ0v) is 17.4. The first kappa shape index (κ1) is 19.4. The average molecular weight is 406 g/mol. The Hall–Kier alpha value is -2.92. The normalized spacial score (nSPS) is 14.2. The number of aryl methyl sites for hydroxylation is 1. The van der Waals surface area contributed by atoms with E-state index < -0.39 is 9.84 Å². The number of fused-ring (bicyclic) bond motifs is 1. The lowest BCUT2D eigenvalue weighted by atomic mass is 9.98. The van der Waals surface area contributed by atoms with Gasteiger partial charge in [-0.2, -0.15) is 0 Å². The van der Waals surface area contributed by atoms with Crippen LogP contribution in [0.15, 0.2) is 76.4 Å². The van der Waals surface area contributed by atoms with Gasteiger partial charge in [0.05, 0.1) is 10.3 Å². The van der Waals surface area contributed by atoms with E-state index in [4.69, 9.17) is 0 Å². The van der Waals surface area contributed by atoms with E-state index in [9.17, 15) is 13.2 Å². The second-order valence-electron chi connectivity index (χ2n) is 7.30. The number of allylic oxidation sites excluding steroid dienone is 4. The maximum atomic E-state index is 13.6. The van der Waals surface area contributed by atoms with Crippen molar-refractivity contribution in [3.8, 4) is 11.1 Å². The molecule has 0 N–H and O–H groups in total. The SMILES string of the molecule is CCc1cc2cccc(-c3ccc(S(C)(=O)=O)cc3)c2c(=O)n1C1=CCCC=C1. The molecular formula is C24H23NO3S. The Morgan fingerprint density at radius 2 is 1.79 bits per heavy atom. The molecule has 5 heteroatoms. The maximum absolute atomic E-state index is 13.6. The van der Waals surface area contributed by atoms with E-state index in [0.29, 0.717) is 5.39 Å². The molecule has 29 heavy (non-hydrogen) atoms. The molecule has 0 fully saturated rings. The summed E-state index contributed by atoms with van der Waals surface area (Å²) in [5.74, 6) is 0. The van der Waals surface area contributed by atoms with Crippen molar-refractivity contribution in [2.45, 2.75) is 31.1 Å². The van der Waals surface area contributed by atoms with Crippen molar-refractivity contribution in [3.05, 3.63) is 82.8 Å². The molecule has 0 radical (unpaired) electrons. The van der Waals surface area contributed by atoms with Crippen LogP contribution in [0.25, 0.3) is 27.6 Å². The quantitative estimate of drug-likeness (QED) is 0.625. The van der Waals surface area contributed by atoms with Gasteiger partial charge in [0.2, 0.25) is 0 Å². The number of hydrogen-bond donors (Lipinski definition) is 0. The van der Waals surface area contributed by atoms with Crippen molar-refractivity contribution in [3.63, 3.8) is 0 Å². The summed E-state index contributed by atoms with van der Waals surface area (Å²) < 4.78 is 25.4. The van der Waals surface area contributed by atoms with Crippen LogP contribution in [0.1, 0.15) is 25.5 Å². The van der Waals surface area contributed by atoms with Crippen LogP contribution in [-0.4, -0.2) is 19.2 Å². The Balaban J connectivity index is 1.98. The van der Waals surface area contributed by atoms with Crippen molar-refractivity contribution < 1.29 is 8.42 Å². The lowest BCUT2D eigenvalue weighted by Gasteiger charge is -2.17. The highest BCUT2D eigenvalue weighted by Gasteiger charge is 2.16. The third-order valence-corrected chi connectivity index (χ3v) is 6.44. The number of benzene rings is 2. The van der Waals surface area contributed by atoms with Crippen molar-refractivity contribution >= 4 is 26.3 Å². The Bertz CT molecular complexity index is 1310. The summed E-state index contributed by atoms with van der Waals surface area (Å²) in [5, 5.41) is 1.55. The molecule has 1 aliphatic rings. The van der Waals surface area contributed by atoms with Crippen molar-refractivity contribution in [2.75, 3.05) is 6.26 Å². The molecule has 1 aromatic heterocycles. The van der Waals surface area contributed by atoms with E-state index in [1.807, 2.05) is 28.8 Å². The molecule has 2 aromatic carbocycles. The number of nitrogens with zero attached hydrogens (tertiary/aromatic N) is 1. The molecule has 0 spiro atoms. The highest BCUT2D eigenvalue weighted by atomic mass is 32.2. The fraction of sp³-hybridized carbons (Fsp3) is 0.208. The Kier molecular flexibility index (Phi) is 5.01. The van der Waals surface area contributed by atoms with Crippen LogP contribution in [-0.2, 0) is 16.3 Å². The molecule has 3 aromatic rings. The molecule has 1 aliphatic carbocycles. The first-order valence-electron chi connectivity index (χ1n) is 9.75. The Morgan fingerprint density at radius 3 is 2.41 bits per heavy atom. The molecule has 0 aliphatic heterocycles. The van der Waals surface area contributed by atoms with Gasteiger partial charge in [-0.15, -0.1) is 0 Å². The highest BCUT2D eigenvalue weighted by molar-refractivity contribution is 7.90. The second kappa shape index (κ2) is 7.48. The van der Waals surface area contributed by atoms with Gasteiger partial charge in [0.1, 0.15) is 0 Å². The third kappa shape index (κ3) is 3.58. The smallest absolute Gasteiger partial charge is 0.263 e. The van der Waals surface area contributed by atoms with Crippen LogP contribution in [0, 0.1) is 0 Å².